The Hall–Kier alpha value is -2.96. The molecule has 2 aromatic heterocycles. The van der Waals surface area contributed by atoms with Crippen molar-refractivity contribution < 1.29 is 9.32 Å². The van der Waals surface area contributed by atoms with E-state index in [0.717, 1.165) is 30.5 Å². The van der Waals surface area contributed by atoms with Crippen molar-refractivity contribution in [3.63, 3.8) is 0 Å². The normalized spacial score (nSPS) is 16.5. The molecule has 1 atom stereocenters. The number of aromatic nitrogens is 4. The minimum Gasteiger partial charge on any atom is -0.339 e. The molecule has 1 aromatic carbocycles. The van der Waals surface area contributed by atoms with Gasteiger partial charge in [0.15, 0.2) is 0 Å². The molecule has 7 nitrogen and oxygen atoms in total. The first kappa shape index (κ1) is 15.6. The molecular weight excluding hydrogens is 318 g/mol. The van der Waals surface area contributed by atoms with E-state index in [2.05, 4.69) is 20.6 Å². The Morgan fingerprint density at radius 3 is 2.88 bits per heavy atom. The molecular formula is C18H19N5O2. The Balaban J connectivity index is 1.53. The highest BCUT2D eigenvalue weighted by Gasteiger charge is 2.27. The molecule has 3 aromatic rings. The minimum atomic E-state index is -0.0959. The molecule has 0 spiro atoms. The molecule has 2 heterocycles. The lowest BCUT2D eigenvalue weighted by Gasteiger charge is -2.19. The van der Waals surface area contributed by atoms with Gasteiger partial charge in [0.2, 0.25) is 17.6 Å². The molecule has 0 saturated carbocycles. The number of nitrogens with zero attached hydrogens (tertiary/aromatic N) is 4. The van der Waals surface area contributed by atoms with Gasteiger partial charge in [0.05, 0.1) is 6.20 Å². The summed E-state index contributed by atoms with van der Waals surface area (Å²) in [5, 5.41) is 11.2. The van der Waals surface area contributed by atoms with Crippen molar-refractivity contribution in [2.75, 3.05) is 5.32 Å². The summed E-state index contributed by atoms with van der Waals surface area (Å²) in [5.74, 6) is 1.37. The molecule has 4 rings (SSSR count). The average molecular weight is 337 g/mol. The molecule has 1 unspecified atom stereocenters. The number of anilines is 1. The summed E-state index contributed by atoms with van der Waals surface area (Å²) in [6.07, 6.45) is 4.79. The first-order chi connectivity index (χ1) is 12.1. The van der Waals surface area contributed by atoms with Crippen LogP contribution in [0, 0.1) is 0 Å². The molecule has 1 aliphatic rings. The standard InChI is InChI=1S/C18H19N5O2/c1-11(24)20-15-7-5-12(6-8-15)17-21-18(25-22-17)13-3-4-14-10-19-23(2)16(14)9-13/h5-8,10,13H,3-4,9H2,1-2H3,(H,20,24). The van der Waals surface area contributed by atoms with E-state index in [1.54, 1.807) is 0 Å². The zero-order valence-electron chi connectivity index (χ0n) is 14.2. The molecule has 7 heteroatoms. The number of carbonyl (C=O) groups excluding carboxylic acids is 1. The predicted molar refractivity (Wildman–Crippen MR) is 92.0 cm³/mol. The zero-order chi connectivity index (χ0) is 17.4. The maximum atomic E-state index is 11.1. The topological polar surface area (TPSA) is 85.8 Å². The summed E-state index contributed by atoms with van der Waals surface area (Å²) in [5.41, 5.74) is 4.17. The third-order valence-corrected chi connectivity index (χ3v) is 4.60. The van der Waals surface area contributed by atoms with E-state index < -0.39 is 0 Å². The number of hydrogen-bond donors (Lipinski definition) is 1. The van der Waals surface area contributed by atoms with Crippen LogP contribution >= 0.6 is 0 Å². The SMILES string of the molecule is CC(=O)Nc1ccc(-c2noc(C3CCc4cnn(C)c4C3)n2)cc1. The Bertz CT molecular complexity index is 910. The fourth-order valence-corrected chi connectivity index (χ4v) is 3.28. The van der Waals surface area contributed by atoms with Crippen molar-refractivity contribution in [1.29, 1.82) is 0 Å². The fourth-order valence-electron chi connectivity index (χ4n) is 3.28. The lowest BCUT2D eigenvalue weighted by molar-refractivity contribution is -0.114. The van der Waals surface area contributed by atoms with Crippen LogP contribution in [0.1, 0.15) is 36.4 Å². The van der Waals surface area contributed by atoms with Gasteiger partial charge in [-0.1, -0.05) is 5.16 Å². The summed E-state index contributed by atoms with van der Waals surface area (Å²) in [7, 11) is 1.97. The second-order valence-electron chi connectivity index (χ2n) is 6.39. The van der Waals surface area contributed by atoms with E-state index in [9.17, 15) is 4.79 Å². The van der Waals surface area contributed by atoms with Gasteiger partial charge in [-0.15, -0.1) is 0 Å². The smallest absolute Gasteiger partial charge is 0.230 e. The van der Waals surface area contributed by atoms with Crippen molar-refractivity contribution in [3.8, 4) is 11.4 Å². The van der Waals surface area contributed by atoms with E-state index in [1.165, 1.54) is 18.2 Å². The first-order valence-electron chi connectivity index (χ1n) is 8.31. The number of rotatable bonds is 3. The van der Waals surface area contributed by atoms with Crippen molar-refractivity contribution in [3.05, 3.63) is 47.6 Å². The number of benzene rings is 1. The molecule has 25 heavy (non-hydrogen) atoms. The maximum absolute atomic E-state index is 11.1. The Kier molecular flexibility index (Phi) is 3.83. The monoisotopic (exact) mass is 337 g/mol. The highest BCUT2D eigenvalue weighted by molar-refractivity contribution is 5.88. The Morgan fingerprint density at radius 1 is 1.32 bits per heavy atom. The second kappa shape index (κ2) is 6.16. The molecule has 0 saturated heterocycles. The number of amides is 1. The van der Waals surface area contributed by atoms with Crippen molar-refractivity contribution in [1.82, 2.24) is 19.9 Å². The molecule has 1 N–H and O–H groups in total. The van der Waals surface area contributed by atoms with Crippen LogP contribution in [0.4, 0.5) is 5.69 Å². The van der Waals surface area contributed by atoms with Gasteiger partial charge < -0.3 is 9.84 Å². The number of aryl methyl sites for hydroxylation is 2. The van der Waals surface area contributed by atoms with Crippen LogP contribution in [0.5, 0.6) is 0 Å². The number of carbonyl (C=O) groups is 1. The minimum absolute atomic E-state index is 0.0959. The van der Waals surface area contributed by atoms with Gasteiger partial charge in [0, 0.05) is 43.3 Å². The highest BCUT2D eigenvalue weighted by Crippen LogP contribution is 2.32. The highest BCUT2D eigenvalue weighted by atomic mass is 16.5. The Morgan fingerprint density at radius 2 is 2.12 bits per heavy atom. The van der Waals surface area contributed by atoms with Gasteiger partial charge >= 0.3 is 0 Å². The van der Waals surface area contributed by atoms with Gasteiger partial charge in [-0.05, 0) is 42.7 Å². The van der Waals surface area contributed by atoms with Crippen LogP contribution in [0.3, 0.4) is 0 Å². The quantitative estimate of drug-likeness (QED) is 0.794. The predicted octanol–water partition coefficient (Wildman–Crippen LogP) is 2.70. The summed E-state index contributed by atoms with van der Waals surface area (Å²) < 4.78 is 7.45. The van der Waals surface area contributed by atoms with E-state index in [4.69, 9.17) is 4.52 Å². The van der Waals surface area contributed by atoms with Crippen molar-refractivity contribution in [2.24, 2.45) is 7.05 Å². The van der Waals surface area contributed by atoms with E-state index >= 15 is 0 Å². The number of fused-ring (bicyclic) bond motifs is 1. The van der Waals surface area contributed by atoms with Gasteiger partial charge in [-0.3, -0.25) is 9.48 Å². The first-order valence-corrected chi connectivity index (χ1v) is 8.31. The van der Waals surface area contributed by atoms with Crippen LogP contribution in [0.25, 0.3) is 11.4 Å². The lowest BCUT2D eigenvalue weighted by atomic mass is 9.88. The Labute approximate surface area is 145 Å². The van der Waals surface area contributed by atoms with Gasteiger partial charge in [-0.2, -0.15) is 10.1 Å². The van der Waals surface area contributed by atoms with Crippen LogP contribution in [0.15, 0.2) is 35.0 Å². The van der Waals surface area contributed by atoms with Crippen LogP contribution in [-0.2, 0) is 24.7 Å². The largest absolute Gasteiger partial charge is 0.339 e. The third-order valence-electron chi connectivity index (χ3n) is 4.60. The summed E-state index contributed by atoms with van der Waals surface area (Å²) in [6, 6.07) is 7.41. The molecule has 0 aliphatic heterocycles. The van der Waals surface area contributed by atoms with Crippen LogP contribution in [0.2, 0.25) is 0 Å². The van der Waals surface area contributed by atoms with Gasteiger partial charge in [0.1, 0.15) is 0 Å². The molecule has 128 valence electrons. The van der Waals surface area contributed by atoms with Crippen molar-refractivity contribution in [2.45, 2.75) is 32.1 Å². The molecule has 1 amide bonds. The molecule has 0 fully saturated rings. The second-order valence-corrected chi connectivity index (χ2v) is 6.39. The molecule has 0 radical (unpaired) electrons. The lowest BCUT2D eigenvalue weighted by Crippen LogP contribution is -2.15. The zero-order valence-corrected chi connectivity index (χ0v) is 14.2. The number of hydrogen-bond acceptors (Lipinski definition) is 5. The number of nitrogens with one attached hydrogen (secondary N) is 1. The van der Waals surface area contributed by atoms with E-state index in [1.807, 2.05) is 42.2 Å². The fraction of sp³-hybridized carbons (Fsp3) is 0.333. The summed E-state index contributed by atoms with van der Waals surface area (Å²) >= 11 is 0. The molecule has 1 aliphatic carbocycles. The van der Waals surface area contributed by atoms with Crippen molar-refractivity contribution >= 4 is 11.6 Å². The van der Waals surface area contributed by atoms with Crippen LogP contribution < -0.4 is 5.32 Å². The van der Waals surface area contributed by atoms with E-state index in [-0.39, 0.29) is 11.8 Å². The molecule has 0 bridgehead atoms. The summed E-state index contributed by atoms with van der Waals surface area (Å²) in [6.45, 7) is 1.48. The van der Waals surface area contributed by atoms with Gasteiger partial charge in [-0.25, -0.2) is 0 Å². The van der Waals surface area contributed by atoms with Crippen LogP contribution in [-0.4, -0.2) is 25.8 Å². The van der Waals surface area contributed by atoms with Gasteiger partial charge in [0.25, 0.3) is 0 Å². The van der Waals surface area contributed by atoms with E-state index in [0.29, 0.717) is 11.7 Å². The average Bonchev–Trinajstić information content (AvgIpc) is 3.22. The summed E-state index contributed by atoms with van der Waals surface area (Å²) in [4.78, 5) is 15.7. The third kappa shape index (κ3) is 3.05. The maximum Gasteiger partial charge on any atom is 0.230 e.